The first kappa shape index (κ1) is 14.5. The molecule has 0 amide bonds. The van der Waals surface area contributed by atoms with Crippen molar-refractivity contribution in [2.24, 2.45) is 13.0 Å². The second-order valence-corrected chi connectivity index (χ2v) is 6.35. The lowest BCUT2D eigenvalue weighted by atomic mass is 9.70. The third-order valence-corrected chi connectivity index (χ3v) is 4.91. The first-order valence-corrected chi connectivity index (χ1v) is 7.33. The van der Waals surface area contributed by atoms with Gasteiger partial charge in [-0.05, 0) is 52.7 Å². The predicted molar refractivity (Wildman–Crippen MR) is 79.1 cm³/mol. The summed E-state index contributed by atoms with van der Waals surface area (Å²) in [6.07, 6.45) is 9.28. The molecule has 0 radical (unpaired) electrons. The Morgan fingerprint density at radius 2 is 2.05 bits per heavy atom. The summed E-state index contributed by atoms with van der Waals surface area (Å²) in [7, 11) is 8.50. The van der Waals surface area contributed by atoms with Gasteiger partial charge >= 0.3 is 0 Å². The van der Waals surface area contributed by atoms with Gasteiger partial charge in [0, 0.05) is 24.3 Å². The van der Waals surface area contributed by atoms with Crippen LogP contribution >= 0.6 is 0 Å². The number of nitrogens with one attached hydrogen (secondary N) is 1. The van der Waals surface area contributed by atoms with E-state index in [0.29, 0.717) is 6.04 Å². The number of hydrogen-bond donors (Lipinski definition) is 1. The molecular weight excluding hydrogens is 236 g/mol. The highest BCUT2D eigenvalue weighted by Gasteiger charge is 2.43. The molecule has 0 saturated heterocycles. The van der Waals surface area contributed by atoms with Crippen molar-refractivity contribution < 1.29 is 0 Å². The molecule has 4 nitrogen and oxygen atoms in total. The number of aromatic nitrogens is 2. The molecule has 0 bridgehead atoms. The van der Waals surface area contributed by atoms with Crippen LogP contribution in [0.1, 0.15) is 44.2 Å². The Kier molecular flexibility index (Phi) is 4.31. The van der Waals surface area contributed by atoms with Crippen LogP contribution in [0.4, 0.5) is 0 Å². The Labute approximate surface area is 117 Å². The van der Waals surface area contributed by atoms with Gasteiger partial charge in [0.15, 0.2) is 0 Å². The standard InChI is InChI=1S/C15H28N4/c1-12-6-8-15(9-7-12,18(3)4)14(16-2)13-10-17-19(5)11-13/h10-12,14,16H,6-9H2,1-5H3. The minimum atomic E-state index is 0.213. The fourth-order valence-corrected chi connectivity index (χ4v) is 3.59. The SMILES string of the molecule is CNC(c1cnn(C)c1)C1(N(C)C)CCC(C)CC1. The van der Waals surface area contributed by atoms with Gasteiger partial charge in [0.1, 0.15) is 0 Å². The zero-order chi connectivity index (χ0) is 14.0. The van der Waals surface area contributed by atoms with Crippen LogP contribution in [0.15, 0.2) is 12.4 Å². The minimum absolute atomic E-state index is 0.213. The lowest BCUT2D eigenvalue weighted by Crippen LogP contribution is -2.54. The zero-order valence-electron chi connectivity index (χ0n) is 13.0. The van der Waals surface area contributed by atoms with E-state index in [-0.39, 0.29) is 5.54 Å². The van der Waals surface area contributed by atoms with E-state index in [2.05, 4.69) is 49.6 Å². The molecule has 0 aromatic carbocycles. The van der Waals surface area contributed by atoms with E-state index < -0.39 is 0 Å². The van der Waals surface area contributed by atoms with Crippen molar-refractivity contribution in [3.8, 4) is 0 Å². The topological polar surface area (TPSA) is 33.1 Å². The van der Waals surface area contributed by atoms with Crippen molar-refractivity contribution in [3.63, 3.8) is 0 Å². The van der Waals surface area contributed by atoms with Crippen molar-refractivity contribution in [2.45, 2.75) is 44.2 Å². The zero-order valence-corrected chi connectivity index (χ0v) is 13.0. The van der Waals surface area contributed by atoms with Crippen LogP contribution in [-0.2, 0) is 7.05 Å². The first-order chi connectivity index (χ1) is 8.99. The average molecular weight is 264 g/mol. The number of likely N-dealkylation sites (N-methyl/N-ethyl adjacent to an activating group) is 2. The van der Waals surface area contributed by atoms with Crippen LogP contribution < -0.4 is 5.32 Å². The highest BCUT2D eigenvalue weighted by Crippen LogP contribution is 2.43. The summed E-state index contributed by atoms with van der Waals surface area (Å²) in [4.78, 5) is 2.42. The van der Waals surface area contributed by atoms with Gasteiger partial charge in [-0.25, -0.2) is 0 Å². The molecule has 1 aromatic rings. The predicted octanol–water partition coefficient (Wildman–Crippen LogP) is 2.19. The molecule has 4 heteroatoms. The lowest BCUT2D eigenvalue weighted by Gasteiger charge is -2.49. The average Bonchev–Trinajstić information content (AvgIpc) is 2.79. The highest BCUT2D eigenvalue weighted by molar-refractivity contribution is 5.18. The molecule has 1 aliphatic carbocycles. The van der Waals surface area contributed by atoms with E-state index in [1.807, 2.05) is 17.9 Å². The molecule has 1 aliphatic rings. The van der Waals surface area contributed by atoms with Crippen molar-refractivity contribution in [3.05, 3.63) is 18.0 Å². The third-order valence-electron chi connectivity index (χ3n) is 4.91. The molecule has 108 valence electrons. The van der Waals surface area contributed by atoms with E-state index in [1.165, 1.54) is 31.2 Å². The Hall–Kier alpha value is -0.870. The third kappa shape index (κ3) is 2.70. The second kappa shape index (κ2) is 5.63. The first-order valence-electron chi connectivity index (χ1n) is 7.33. The summed E-state index contributed by atoms with van der Waals surface area (Å²) >= 11 is 0. The Morgan fingerprint density at radius 1 is 1.42 bits per heavy atom. The van der Waals surface area contributed by atoms with Crippen LogP contribution in [0.25, 0.3) is 0 Å². The molecule has 2 rings (SSSR count). The Balaban J connectivity index is 2.31. The number of rotatable bonds is 4. The normalized spacial score (nSPS) is 29.7. The Morgan fingerprint density at radius 3 is 2.47 bits per heavy atom. The van der Waals surface area contributed by atoms with Crippen LogP contribution in [0, 0.1) is 5.92 Å². The maximum atomic E-state index is 4.34. The minimum Gasteiger partial charge on any atom is -0.311 e. The van der Waals surface area contributed by atoms with E-state index in [4.69, 9.17) is 0 Å². The second-order valence-electron chi connectivity index (χ2n) is 6.35. The highest BCUT2D eigenvalue weighted by atomic mass is 15.2. The van der Waals surface area contributed by atoms with Gasteiger partial charge in [-0.1, -0.05) is 6.92 Å². The smallest absolute Gasteiger partial charge is 0.0538 e. The van der Waals surface area contributed by atoms with Crippen molar-refractivity contribution in [2.75, 3.05) is 21.1 Å². The fraction of sp³-hybridized carbons (Fsp3) is 0.800. The number of aryl methyl sites for hydroxylation is 1. The fourth-order valence-electron chi connectivity index (χ4n) is 3.59. The summed E-state index contributed by atoms with van der Waals surface area (Å²) in [5.41, 5.74) is 1.51. The maximum Gasteiger partial charge on any atom is 0.0538 e. The molecule has 1 saturated carbocycles. The summed E-state index contributed by atoms with van der Waals surface area (Å²) in [6, 6.07) is 0.351. The monoisotopic (exact) mass is 264 g/mol. The molecule has 1 N–H and O–H groups in total. The largest absolute Gasteiger partial charge is 0.311 e. The van der Waals surface area contributed by atoms with Gasteiger partial charge in [0.05, 0.1) is 12.2 Å². The Bertz CT molecular complexity index is 402. The van der Waals surface area contributed by atoms with E-state index >= 15 is 0 Å². The lowest BCUT2D eigenvalue weighted by molar-refractivity contribution is 0.0455. The summed E-state index contributed by atoms with van der Waals surface area (Å²) in [5.74, 6) is 0.861. The molecule has 1 atom stereocenters. The van der Waals surface area contributed by atoms with E-state index in [1.54, 1.807) is 0 Å². The molecule has 0 spiro atoms. The van der Waals surface area contributed by atoms with Gasteiger partial charge in [-0.3, -0.25) is 4.68 Å². The molecule has 1 heterocycles. The van der Waals surface area contributed by atoms with Gasteiger partial charge in [0.25, 0.3) is 0 Å². The summed E-state index contributed by atoms with van der Waals surface area (Å²) < 4.78 is 1.90. The quantitative estimate of drug-likeness (QED) is 0.905. The van der Waals surface area contributed by atoms with Crippen molar-refractivity contribution >= 4 is 0 Å². The maximum absolute atomic E-state index is 4.34. The molecule has 1 aromatic heterocycles. The summed E-state index contributed by atoms with van der Waals surface area (Å²) in [6.45, 7) is 2.37. The van der Waals surface area contributed by atoms with Gasteiger partial charge in [0.2, 0.25) is 0 Å². The molecule has 1 unspecified atom stereocenters. The number of hydrogen-bond acceptors (Lipinski definition) is 3. The van der Waals surface area contributed by atoms with Crippen LogP contribution in [0.5, 0.6) is 0 Å². The van der Waals surface area contributed by atoms with Crippen molar-refractivity contribution in [1.29, 1.82) is 0 Å². The molecule has 0 aliphatic heterocycles. The van der Waals surface area contributed by atoms with E-state index in [9.17, 15) is 0 Å². The van der Waals surface area contributed by atoms with Crippen LogP contribution in [0.3, 0.4) is 0 Å². The van der Waals surface area contributed by atoms with Crippen molar-refractivity contribution in [1.82, 2.24) is 20.0 Å². The molecule has 19 heavy (non-hydrogen) atoms. The van der Waals surface area contributed by atoms with Crippen LogP contribution in [-0.4, -0.2) is 41.4 Å². The van der Waals surface area contributed by atoms with Gasteiger partial charge < -0.3 is 10.2 Å². The van der Waals surface area contributed by atoms with Gasteiger partial charge in [-0.15, -0.1) is 0 Å². The molecular formula is C15H28N4. The van der Waals surface area contributed by atoms with Gasteiger partial charge in [-0.2, -0.15) is 5.10 Å². The molecule has 1 fully saturated rings. The number of nitrogens with zero attached hydrogens (tertiary/aromatic N) is 3. The summed E-state index contributed by atoms with van der Waals surface area (Å²) in [5, 5.41) is 7.89. The van der Waals surface area contributed by atoms with Crippen LogP contribution in [0.2, 0.25) is 0 Å². The van der Waals surface area contributed by atoms with E-state index in [0.717, 1.165) is 5.92 Å².